The molecule has 0 saturated carbocycles. The highest BCUT2D eigenvalue weighted by Crippen LogP contribution is 2.19. The lowest BCUT2D eigenvalue weighted by Gasteiger charge is -2.05. The van der Waals surface area contributed by atoms with Crippen LogP contribution in [0.25, 0.3) is 0 Å². The van der Waals surface area contributed by atoms with Gasteiger partial charge in [-0.25, -0.2) is 0 Å². The molecule has 3 nitrogen and oxygen atoms in total. The number of benzene rings is 1. The molecule has 1 rings (SSSR count). The minimum atomic E-state index is -0.888. The molecular formula is C9H10O3. The molecule has 0 spiro atoms. The molecule has 3 heteroatoms. The van der Waals surface area contributed by atoms with E-state index in [1.165, 1.54) is 12.1 Å². The molecule has 0 aliphatic heterocycles. The van der Waals surface area contributed by atoms with Crippen molar-refractivity contribution in [3.8, 4) is 5.75 Å². The Balaban J connectivity index is 2.95. The summed E-state index contributed by atoms with van der Waals surface area (Å²) in [6.07, 6.45) is 0. The molecule has 0 radical (unpaired) electrons. The van der Waals surface area contributed by atoms with Crippen molar-refractivity contribution in [2.24, 2.45) is 0 Å². The van der Waals surface area contributed by atoms with E-state index in [-0.39, 0.29) is 5.75 Å². The monoisotopic (exact) mass is 166 g/mol. The molecular weight excluding hydrogens is 156 g/mol. The van der Waals surface area contributed by atoms with E-state index >= 15 is 0 Å². The van der Waals surface area contributed by atoms with Crippen molar-refractivity contribution in [3.05, 3.63) is 29.8 Å². The summed E-state index contributed by atoms with van der Waals surface area (Å²) in [5.74, 6) is -1.36. The summed E-state index contributed by atoms with van der Waals surface area (Å²) in [7, 11) is 0. The molecule has 1 atom stereocenters. The Hall–Kier alpha value is -1.51. The van der Waals surface area contributed by atoms with Gasteiger partial charge in [0.1, 0.15) is 5.75 Å². The van der Waals surface area contributed by atoms with Gasteiger partial charge in [-0.15, -0.1) is 0 Å². The van der Waals surface area contributed by atoms with Crippen molar-refractivity contribution in [3.63, 3.8) is 0 Å². The maximum absolute atomic E-state index is 10.5. The van der Waals surface area contributed by atoms with E-state index in [1.807, 2.05) is 0 Å². The van der Waals surface area contributed by atoms with E-state index in [9.17, 15) is 4.79 Å². The number of phenolic OH excluding ortho intramolecular Hbond substituents is 1. The van der Waals surface area contributed by atoms with E-state index < -0.39 is 11.9 Å². The lowest BCUT2D eigenvalue weighted by Crippen LogP contribution is -2.06. The zero-order chi connectivity index (χ0) is 9.14. The van der Waals surface area contributed by atoms with Gasteiger partial charge in [-0.1, -0.05) is 12.1 Å². The second-order valence-corrected chi connectivity index (χ2v) is 2.65. The van der Waals surface area contributed by atoms with Gasteiger partial charge >= 0.3 is 5.97 Å². The summed E-state index contributed by atoms with van der Waals surface area (Å²) in [4.78, 5) is 10.5. The molecule has 1 aromatic carbocycles. The fraction of sp³-hybridized carbons (Fsp3) is 0.222. The van der Waals surface area contributed by atoms with Crippen molar-refractivity contribution in [1.82, 2.24) is 0 Å². The Morgan fingerprint density at radius 3 is 2.67 bits per heavy atom. The minimum Gasteiger partial charge on any atom is -0.508 e. The van der Waals surface area contributed by atoms with E-state index in [4.69, 9.17) is 10.2 Å². The quantitative estimate of drug-likeness (QED) is 0.701. The van der Waals surface area contributed by atoms with Gasteiger partial charge in [0.2, 0.25) is 0 Å². The van der Waals surface area contributed by atoms with Gasteiger partial charge < -0.3 is 10.2 Å². The number of carboxylic acids is 1. The molecule has 0 fully saturated rings. The van der Waals surface area contributed by atoms with Crippen LogP contribution in [0.1, 0.15) is 18.4 Å². The highest BCUT2D eigenvalue weighted by Gasteiger charge is 2.13. The number of carboxylic acid groups (broad SMARTS) is 1. The molecule has 2 N–H and O–H groups in total. The second-order valence-electron chi connectivity index (χ2n) is 2.65. The van der Waals surface area contributed by atoms with Crippen LogP contribution in [0.3, 0.4) is 0 Å². The fourth-order valence-electron chi connectivity index (χ4n) is 0.937. The number of phenols is 1. The lowest BCUT2D eigenvalue weighted by atomic mass is 10.0. The van der Waals surface area contributed by atoms with Crippen LogP contribution in [0.5, 0.6) is 5.75 Å². The van der Waals surface area contributed by atoms with Crippen molar-refractivity contribution in [2.75, 3.05) is 0 Å². The predicted molar refractivity (Wildman–Crippen MR) is 44.2 cm³/mol. The molecule has 0 saturated heterocycles. The Morgan fingerprint density at radius 1 is 1.50 bits per heavy atom. The van der Waals surface area contributed by atoms with Gasteiger partial charge in [-0.05, 0) is 24.6 Å². The van der Waals surface area contributed by atoms with E-state index in [1.54, 1.807) is 19.1 Å². The number of rotatable bonds is 2. The highest BCUT2D eigenvalue weighted by atomic mass is 16.4. The van der Waals surface area contributed by atoms with Crippen LogP contribution < -0.4 is 0 Å². The summed E-state index contributed by atoms with van der Waals surface area (Å²) in [5, 5.41) is 17.7. The topological polar surface area (TPSA) is 57.5 Å². The summed E-state index contributed by atoms with van der Waals surface area (Å²) < 4.78 is 0. The SMILES string of the molecule is C[C@H](C(=O)O)c1cccc(O)c1. The van der Waals surface area contributed by atoms with Gasteiger partial charge in [0.15, 0.2) is 0 Å². The van der Waals surface area contributed by atoms with Gasteiger partial charge in [0.25, 0.3) is 0 Å². The molecule has 0 bridgehead atoms. The van der Waals surface area contributed by atoms with Crippen LogP contribution in [0.4, 0.5) is 0 Å². The third-order valence-electron chi connectivity index (χ3n) is 1.74. The number of aromatic hydroxyl groups is 1. The van der Waals surface area contributed by atoms with E-state index in [0.29, 0.717) is 5.56 Å². The van der Waals surface area contributed by atoms with Crippen molar-refractivity contribution >= 4 is 5.97 Å². The molecule has 12 heavy (non-hydrogen) atoms. The van der Waals surface area contributed by atoms with Crippen LogP contribution >= 0.6 is 0 Å². The van der Waals surface area contributed by atoms with E-state index in [2.05, 4.69) is 0 Å². The molecule has 0 aliphatic rings. The van der Waals surface area contributed by atoms with Crippen molar-refractivity contribution < 1.29 is 15.0 Å². The second kappa shape index (κ2) is 3.26. The maximum atomic E-state index is 10.5. The summed E-state index contributed by atoms with van der Waals surface area (Å²) >= 11 is 0. The average Bonchev–Trinajstić information content (AvgIpc) is 2.03. The highest BCUT2D eigenvalue weighted by molar-refractivity contribution is 5.75. The zero-order valence-corrected chi connectivity index (χ0v) is 6.69. The Labute approximate surface area is 70.3 Å². The Morgan fingerprint density at radius 2 is 2.17 bits per heavy atom. The van der Waals surface area contributed by atoms with Crippen LogP contribution in [0.2, 0.25) is 0 Å². The van der Waals surface area contributed by atoms with Gasteiger partial charge in [-0.2, -0.15) is 0 Å². The third kappa shape index (κ3) is 1.75. The van der Waals surface area contributed by atoms with Crippen LogP contribution in [-0.2, 0) is 4.79 Å². The summed E-state index contributed by atoms with van der Waals surface area (Å²) in [6, 6.07) is 6.28. The van der Waals surface area contributed by atoms with Gasteiger partial charge in [0.05, 0.1) is 5.92 Å². The van der Waals surface area contributed by atoms with Crippen LogP contribution in [0, 0.1) is 0 Å². The van der Waals surface area contributed by atoms with Gasteiger partial charge in [-0.3, -0.25) is 4.79 Å². The molecule has 1 aromatic rings. The number of carbonyl (C=O) groups is 1. The first kappa shape index (κ1) is 8.59. The molecule has 64 valence electrons. The first-order valence-corrected chi connectivity index (χ1v) is 3.63. The molecule has 0 unspecified atom stereocenters. The Bertz CT molecular complexity index is 294. The zero-order valence-electron chi connectivity index (χ0n) is 6.69. The minimum absolute atomic E-state index is 0.0978. The number of hydrogen-bond donors (Lipinski definition) is 2. The summed E-state index contributed by atoms with van der Waals surface area (Å²) in [5.41, 5.74) is 0.613. The van der Waals surface area contributed by atoms with Gasteiger partial charge in [0, 0.05) is 0 Å². The standard InChI is InChI=1S/C9H10O3/c1-6(9(11)12)7-3-2-4-8(10)5-7/h2-6,10H,1H3,(H,11,12)/t6-/m0/s1. The Kier molecular flexibility index (Phi) is 2.33. The average molecular weight is 166 g/mol. The first-order valence-electron chi connectivity index (χ1n) is 3.63. The largest absolute Gasteiger partial charge is 0.508 e. The fourth-order valence-corrected chi connectivity index (χ4v) is 0.937. The molecule has 0 amide bonds. The predicted octanol–water partition coefficient (Wildman–Crippen LogP) is 1.58. The van der Waals surface area contributed by atoms with Crippen molar-refractivity contribution in [2.45, 2.75) is 12.8 Å². The van der Waals surface area contributed by atoms with Crippen molar-refractivity contribution in [1.29, 1.82) is 0 Å². The molecule has 0 aliphatic carbocycles. The van der Waals surface area contributed by atoms with E-state index in [0.717, 1.165) is 0 Å². The summed E-state index contributed by atoms with van der Waals surface area (Å²) in [6.45, 7) is 1.58. The number of aliphatic carboxylic acids is 1. The number of hydrogen-bond acceptors (Lipinski definition) is 2. The smallest absolute Gasteiger partial charge is 0.310 e. The molecule has 0 heterocycles. The third-order valence-corrected chi connectivity index (χ3v) is 1.74. The lowest BCUT2D eigenvalue weighted by molar-refractivity contribution is -0.138. The molecule has 0 aromatic heterocycles. The normalized spacial score (nSPS) is 12.4. The maximum Gasteiger partial charge on any atom is 0.310 e. The van der Waals surface area contributed by atoms with Crippen LogP contribution in [-0.4, -0.2) is 16.2 Å². The van der Waals surface area contributed by atoms with Crippen LogP contribution in [0.15, 0.2) is 24.3 Å². The first-order chi connectivity index (χ1) is 5.61.